The van der Waals surface area contributed by atoms with E-state index in [0.717, 1.165) is 42.9 Å². The summed E-state index contributed by atoms with van der Waals surface area (Å²) in [5.41, 5.74) is 2.28. The first-order valence-corrected chi connectivity index (χ1v) is 11.5. The van der Waals surface area contributed by atoms with E-state index in [2.05, 4.69) is 44.5 Å². The predicted octanol–water partition coefficient (Wildman–Crippen LogP) is 4.30. The standard InChI is InChI=1S/C24H28N4O2S/c1-24(2,22(30)27-23-26-13-16-31-23)21(20-5-3-4-12-25-20)17-6-8-18(9-7-17)28-14-10-19(29)11-15-28/h3-9,12-13,16,19,21,29H,10-11,14-15H2,1-2H3,(H,26,27,30). The zero-order chi connectivity index (χ0) is 21.8. The SMILES string of the molecule is CC(C)(C(=O)Nc1nccs1)C(c1ccc(N2CCC(O)CC2)cc1)c1ccccn1. The van der Waals surface area contributed by atoms with Crippen molar-refractivity contribution in [2.75, 3.05) is 23.3 Å². The van der Waals surface area contributed by atoms with Crippen LogP contribution in [0.4, 0.5) is 10.8 Å². The van der Waals surface area contributed by atoms with Gasteiger partial charge in [-0.15, -0.1) is 11.3 Å². The monoisotopic (exact) mass is 436 g/mol. The maximum Gasteiger partial charge on any atom is 0.232 e. The third kappa shape index (κ3) is 4.78. The van der Waals surface area contributed by atoms with Crippen LogP contribution in [0, 0.1) is 5.41 Å². The Morgan fingerprint density at radius 3 is 2.48 bits per heavy atom. The first-order chi connectivity index (χ1) is 14.9. The third-order valence-corrected chi connectivity index (χ3v) is 6.69. The van der Waals surface area contributed by atoms with Crippen molar-refractivity contribution in [3.63, 3.8) is 0 Å². The van der Waals surface area contributed by atoms with Crippen molar-refractivity contribution < 1.29 is 9.90 Å². The van der Waals surface area contributed by atoms with E-state index >= 15 is 0 Å². The number of nitrogens with zero attached hydrogens (tertiary/aromatic N) is 3. The molecular weight excluding hydrogens is 408 g/mol. The molecule has 0 saturated carbocycles. The summed E-state index contributed by atoms with van der Waals surface area (Å²) >= 11 is 1.41. The Kier molecular flexibility index (Phi) is 6.34. The molecule has 4 rings (SSSR count). The van der Waals surface area contributed by atoms with Gasteiger partial charge in [0.05, 0.1) is 11.5 Å². The molecule has 7 heteroatoms. The normalized spacial score (nSPS) is 16.2. The minimum absolute atomic E-state index is 0.0906. The van der Waals surface area contributed by atoms with Crippen LogP contribution in [0.2, 0.25) is 0 Å². The first-order valence-electron chi connectivity index (χ1n) is 10.6. The number of carbonyl (C=O) groups excluding carboxylic acids is 1. The van der Waals surface area contributed by atoms with Gasteiger partial charge in [-0.25, -0.2) is 4.98 Å². The van der Waals surface area contributed by atoms with Gasteiger partial charge in [0.2, 0.25) is 5.91 Å². The Hall–Kier alpha value is -2.77. The smallest absolute Gasteiger partial charge is 0.232 e. The van der Waals surface area contributed by atoms with E-state index in [1.165, 1.54) is 11.3 Å². The van der Waals surface area contributed by atoms with Crippen molar-refractivity contribution in [1.29, 1.82) is 0 Å². The van der Waals surface area contributed by atoms with E-state index in [0.29, 0.717) is 5.13 Å². The number of hydrogen-bond donors (Lipinski definition) is 2. The van der Waals surface area contributed by atoms with Crippen molar-refractivity contribution in [2.24, 2.45) is 5.41 Å². The van der Waals surface area contributed by atoms with Gasteiger partial charge in [-0.1, -0.05) is 32.0 Å². The van der Waals surface area contributed by atoms with Gasteiger partial charge in [0.15, 0.2) is 5.13 Å². The highest BCUT2D eigenvalue weighted by Gasteiger charge is 2.40. The van der Waals surface area contributed by atoms with E-state index in [4.69, 9.17) is 0 Å². The number of aliphatic hydroxyl groups excluding tert-OH is 1. The number of rotatable bonds is 6. The van der Waals surface area contributed by atoms with Gasteiger partial charge in [-0.05, 0) is 42.7 Å². The molecule has 6 nitrogen and oxygen atoms in total. The van der Waals surface area contributed by atoms with Crippen LogP contribution in [0.15, 0.2) is 60.2 Å². The van der Waals surface area contributed by atoms with Gasteiger partial charge in [-0.3, -0.25) is 9.78 Å². The number of benzene rings is 1. The Morgan fingerprint density at radius 1 is 1.13 bits per heavy atom. The number of anilines is 2. The second kappa shape index (κ2) is 9.16. The van der Waals surface area contributed by atoms with Crippen LogP contribution in [0.1, 0.15) is 43.9 Å². The van der Waals surface area contributed by atoms with Crippen LogP contribution in [0.25, 0.3) is 0 Å². The number of hydrogen-bond acceptors (Lipinski definition) is 6. The quantitative estimate of drug-likeness (QED) is 0.602. The maximum absolute atomic E-state index is 13.3. The van der Waals surface area contributed by atoms with Crippen LogP contribution in [-0.4, -0.2) is 40.2 Å². The number of aliphatic hydroxyl groups is 1. The third-order valence-electron chi connectivity index (χ3n) is 6.00. The van der Waals surface area contributed by atoms with E-state index in [-0.39, 0.29) is 17.9 Å². The highest BCUT2D eigenvalue weighted by molar-refractivity contribution is 7.13. The van der Waals surface area contributed by atoms with Crippen LogP contribution in [-0.2, 0) is 4.79 Å². The molecule has 162 valence electrons. The van der Waals surface area contributed by atoms with Crippen LogP contribution in [0.5, 0.6) is 0 Å². The number of thiazole rings is 1. The lowest BCUT2D eigenvalue weighted by molar-refractivity contribution is -0.124. The fourth-order valence-corrected chi connectivity index (χ4v) is 4.70. The average Bonchev–Trinajstić information content (AvgIpc) is 3.29. The largest absolute Gasteiger partial charge is 0.393 e. The van der Waals surface area contributed by atoms with Gasteiger partial charge >= 0.3 is 0 Å². The number of piperidine rings is 1. The molecule has 1 aliphatic rings. The van der Waals surface area contributed by atoms with Gasteiger partial charge in [0.25, 0.3) is 0 Å². The summed E-state index contributed by atoms with van der Waals surface area (Å²) < 4.78 is 0. The summed E-state index contributed by atoms with van der Waals surface area (Å²) in [6.07, 6.45) is 4.85. The van der Waals surface area contributed by atoms with Crippen molar-refractivity contribution in [2.45, 2.75) is 38.7 Å². The molecule has 1 aliphatic heterocycles. The lowest BCUT2D eigenvalue weighted by atomic mass is 9.72. The second-order valence-electron chi connectivity index (χ2n) is 8.51. The molecule has 1 unspecified atom stereocenters. The lowest BCUT2D eigenvalue weighted by Crippen LogP contribution is -2.37. The molecule has 1 amide bonds. The van der Waals surface area contributed by atoms with Crippen LogP contribution >= 0.6 is 11.3 Å². The van der Waals surface area contributed by atoms with Gasteiger partial charge in [0.1, 0.15) is 0 Å². The molecule has 0 bridgehead atoms. The van der Waals surface area contributed by atoms with Crippen LogP contribution < -0.4 is 10.2 Å². The molecule has 0 aliphatic carbocycles. The summed E-state index contributed by atoms with van der Waals surface area (Å²) in [7, 11) is 0. The van der Waals surface area contributed by atoms with Crippen LogP contribution in [0.3, 0.4) is 0 Å². The molecular formula is C24H28N4O2S. The zero-order valence-electron chi connectivity index (χ0n) is 17.9. The highest BCUT2D eigenvalue weighted by atomic mass is 32.1. The Labute approximate surface area is 187 Å². The first kappa shape index (κ1) is 21.5. The van der Waals surface area contributed by atoms with E-state index in [1.807, 2.05) is 37.4 Å². The summed E-state index contributed by atoms with van der Waals surface area (Å²) in [4.78, 5) is 24.3. The highest BCUT2D eigenvalue weighted by Crippen LogP contribution is 2.41. The molecule has 1 aromatic carbocycles. The summed E-state index contributed by atoms with van der Waals surface area (Å²) in [6.45, 7) is 5.61. The minimum atomic E-state index is -0.753. The predicted molar refractivity (Wildman–Crippen MR) is 125 cm³/mol. The zero-order valence-corrected chi connectivity index (χ0v) is 18.7. The number of aromatic nitrogens is 2. The molecule has 1 atom stereocenters. The van der Waals surface area contributed by atoms with Gasteiger partial charge < -0.3 is 15.3 Å². The molecule has 1 fully saturated rings. The molecule has 3 heterocycles. The second-order valence-corrected chi connectivity index (χ2v) is 9.41. The van der Waals surface area contributed by atoms with Crippen molar-refractivity contribution in [1.82, 2.24) is 9.97 Å². The van der Waals surface area contributed by atoms with E-state index in [1.54, 1.807) is 12.4 Å². The molecule has 0 radical (unpaired) electrons. The van der Waals surface area contributed by atoms with Crippen molar-refractivity contribution in [3.05, 3.63) is 71.5 Å². The average molecular weight is 437 g/mol. The lowest BCUT2D eigenvalue weighted by Gasteiger charge is -2.34. The molecule has 1 saturated heterocycles. The van der Waals surface area contributed by atoms with Crippen molar-refractivity contribution in [3.8, 4) is 0 Å². The summed E-state index contributed by atoms with van der Waals surface area (Å²) in [5.74, 6) is -0.307. The molecule has 2 N–H and O–H groups in total. The number of carbonyl (C=O) groups is 1. The summed E-state index contributed by atoms with van der Waals surface area (Å²) in [6, 6.07) is 14.2. The Bertz CT molecular complexity index is 982. The fourth-order valence-electron chi connectivity index (χ4n) is 4.18. The topological polar surface area (TPSA) is 78.4 Å². The number of amides is 1. The van der Waals surface area contributed by atoms with Gasteiger partial charge in [0, 0.05) is 48.2 Å². The minimum Gasteiger partial charge on any atom is -0.393 e. The number of nitrogens with one attached hydrogen (secondary N) is 1. The molecule has 3 aromatic rings. The van der Waals surface area contributed by atoms with Crippen molar-refractivity contribution >= 4 is 28.1 Å². The maximum atomic E-state index is 13.3. The molecule has 31 heavy (non-hydrogen) atoms. The molecule has 2 aromatic heterocycles. The van der Waals surface area contributed by atoms with Gasteiger partial charge in [-0.2, -0.15) is 0 Å². The Balaban J connectivity index is 1.63. The Morgan fingerprint density at radius 2 is 1.87 bits per heavy atom. The van der Waals surface area contributed by atoms with E-state index in [9.17, 15) is 9.90 Å². The molecule has 0 spiro atoms. The fraction of sp³-hybridized carbons (Fsp3) is 0.375. The van der Waals surface area contributed by atoms with E-state index < -0.39 is 5.41 Å². The number of pyridine rings is 1. The summed E-state index contributed by atoms with van der Waals surface area (Å²) in [5, 5.41) is 15.2.